The van der Waals surface area contributed by atoms with Gasteiger partial charge in [-0.3, -0.25) is 10.1 Å². The number of non-ortho nitro benzene ring substituents is 1. The van der Waals surface area contributed by atoms with Gasteiger partial charge in [-0.2, -0.15) is 0 Å². The van der Waals surface area contributed by atoms with Crippen molar-refractivity contribution in [3.05, 3.63) is 82.9 Å². The summed E-state index contributed by atoms with van der Waals surface area (Å²) in [5.74, 6) is 0. The molecule has 0 aliphatic heterocycles. The predicted octanol–water partition coefficient (Wildman–Crippen LogP) is 3.19. The summed E-state index contributed by atoms with van der Waals surface area (Å²) in [7, 11) is 2.06. The van der Waals surface area contributed by atoms with E-state index in [1.54, 1.807) is 12.1 Å². The van der Waals surface area contributed by atoms with Crippen molar-refractivity contribution in [2.24, 2.45) is 0 Å². The molecule has 0 atom stereocenters. The molecular weight excluding hydrogens is 273 g/mol. The summed E-state index contributed by atoms with van der Waals surface area (Å²) in [4.78, 5) is 10.5. The first-order valence-corrected chi connectivity index (χ1v) is 7.05. The van der Waals surface area contributed by atoms with Crippen LogP contribution < -0.4 is 5.46 Å². The lowest BCUT2D eigenvalue weighted by molar-refractivity contribution is -0.384. The van der Waals surface area contributed by atoms with Crippen LogP contribution in [0.15, 0.2) is 72.8 Å². The van der Waals surface area contributed by atoms with Gasteiger partial charge in [0.15, 0.2) is 0 Å². The minimum Gasteiger partial charge on any atom is -0.258 e. The van der Waals surface area contributed by atoms with Crippen LogP contribution in [0.1, 0.15) is 0 Å². The van der Waals surface area contributed by atoms with Crippen LogP contribution in [0.5, 0.6) is 0 Å². The van der Waals surface area contributed by atoms with Crippen LogP contribution in [0, 0.1) is 10.1 Å². The third kappa shape index (κ3) is 2.91. The summed E-state index contributed by atoms with van der Waals surface area (Å²) in [6.45, 7) is 0. The number of benzene rings is 3. The second-order valence-corrected chi connectivity index (χ2v) is 5.26. The fraction of sp³-hybridized carbons (Fsp3) is 0. The van der Waals surface area contributed by atoms with E-state index in [1.165, 1.54) is 11.5 Å². The molecule has 0 radical (unpaired) electrons. The molecule has 3 nitrogen and oxygen atoms in total. The van der Waals surface area contributed by atoms with Crippen LogP contribution >= 0.6 is 0 Å². The van der Waals surface area contributed by atoms with Gasteiger partial charge in [0.05, 0.1) is 4.92 Å². The van der Waals surface area contributed by atoms with Gasteiger partial charge in [0.25, 0.3) is 5.69 Å². The van der Waals surface area contributed by atoms with Crippen LogP contribution in [0.4, 0.5) is 5.69 Å². The molecule has 0 saturated heterocycles. The summed E-state index contributed by atoms with van der Waals surface area (Å²) in [6, 6.07) is 23.1. The molecule has 0 aromatic heterocycles. The smallest absolute Gasteiger partial charge is 0.258 e. The zero-order chi connectivity index (χ0) is 15.5. The zero-order valence-electron chi connectivity index (χ0n) is 12.2. The number of hydrogen-bond acceptors (Lipinski definition) is 2. The molecule has 0 aliphatic rings. The van der Waals surface area contributed by atoms with E-state index >= 15 is 0 Å². The molecule has 3 rings (SSSR count). The Labute approximate surface area is 129 Å². The normalized spacial score (nSPS) is 10.4. The first-order chi connectivity index (χ1) is 10.6. The van der Waals surface area contributed by atoms with Crippen LogP contribution in [0.25, 0.3) is 22.3 Å². The van der Waals surface area contributed by atoms with E-state index in [9.17, 15) is 10.1 Å². The summed E-state index contributed by atoms with van der Waals surface area (Å²) < 4.78 is 0. The Morgan fingerprint density at radius 2 is 1.23 bits per heavy atom. The lowest BCUT2D eigenvalue weighted by Gasteiger charge is -2.07. The molecule has 4 heteroatoms. The van der Waals surface area contributed by atoms with Gasteiger partial charge in [0.2, 0.25) is 0 Å². The van der Waals surface area contributed by atoms with E-state index in [0.717, 1.165) is 22.3 Å². The molecule has 106 valence electrons. The van der Waals surface area contributed by atoms with E-state index in [1.807, 2.05) is 24.3 Å². The van der Waals surface area contributed by atoms with Gasteiger partial charge >= 0.3 is 0 Å². The third-order valence-electron chi connectivity index (χ3n) is 3.60. The number of nitro groups is 1. The second kappa shape index (κ2) is 5.86. The molecule has 0 unspecified atom stereocenters. The van der Waals surface area contributed by atoms with Crippen LogP contribution in [0.3, 0.4) is 0 Å². The van der Waals surface area contributed by atoms with Crippen LogP contribution in [-0.4, -0.2) is 12.8 Å². The number of hydrogen-bond donors (Lipinski definition) is 0. The van der Waals surface area contributed by atoms with Crippen LogP contribution in [-0.2, 0) is 0 Å². The van der Waals surface area contributed by atoms with Gasteiger partial charge < -0.3 is 0 Å². The molecule has 0 saturated carbocycles. The fourth-order valence-electron chi connectivity index (χ4n) is 2.50. The molecule has 0 aliphatic carbocycles. The molecule has 0 amide bonds. The Balaban J connectivity index is 2.05. The molecule has 0 bridgehead atoms. The maximum absolute atomic E-state index is 10.9. The van der Waals surface area contributed by atoms with Crippen molar-refractivity contribution in [2.45, 2.75) is 0 Å². The summed E-state index contributed by atoms with van der Waals surface area (Å²) >= 11 is 0. The maximum Gasteiger partial charge on any atom is 0.270 e. The molecule has 0 spiro atoms. The highest BCUT2D eigenvalue weighted by atomic mass is 16.6. The Morgan fingerprint density at radius 1 is 0.727 bits per heavy atom. The van der Waals surface area contributed by atoms with E-state index in [0.29, 0.717) is 0 Å². The molecule has 0 N–H and O–H groups in total. The number of nitro benzene ring substituents is 1. The third-order valence-corrected chi connectivity index (χ3v) is 3.60. The lowest BCUT2D eigenvalue weighted by atomic mass is 9.91. The first kappa shape index (κ1) is 14.1. The van der Waals surface area contributed by atoms with Crippen molar-refractivity contribution in [2.75, 3.05) is 0 Å². The van der Waals surface area contributed by atoms with Crippen LogP contribution in [0.2, 0.25) is 0 Å². The van der Waals surface area contributed by atoms with Gasteiger partial charge in [-0.15, -0.1) is 0 Å². The van der Waals surface area contributed by atoms with E-state index < -0.39 is 0 Å². The number of nitrogens with zero attached hydrogens (tertiary/aromatic N) is 1. The summed E-state index contributed by atoms with van der Waals surface area (Å²) in [6.07, 6.45) is 0. The van der Waals surface area contributed by atoms with E-state index in [2.05, 4.69) is 38.2 Å². The summed E-state index contributed by atoms with van der Waals surface area (Å²) in [5.41, 5.74) is 5.39. The molecule has 0 fully saturated rings. The lowest BCUT2D eigenvalue weighted by Crippen LogP contribution is -2.00. The minimum absolute atomic E-state index is 0.110. The van der Waals surface area contributed by atoms with Crippen molar-refractivity contribution in [1.82, 2.24) is 0 Å². The minimum atomic E-state index is -0.367. The largest absolute Gasteiger partial charge is 0.270 e. The zero-order valence-corrected chi connectivity index (χ0v) is 12.2. The molecule has 3 aromatic carbocycles. The highest BCUT2D eigenvalue weighted by Crippen LogP contribution is 2.28. The topological polar surface area (TPSA) is 43.1 Å². The Bertz CT molecular complexity index is 846. The maximum atomic E-state index is 10.9. The highest BCUT2D eigenvalue weighted by molar-refractivity contribution is 6.32. The Kier molecular flexibility index (Phi) is 3.75. The molecular formula is C18H14BNO2. The van der Waals surface area contributed by atoms with Gasteiger partial charge in [0.1, 0.15) is 7.85 Å². The molecule has 22 heavy (non-hydrogen) atoms. The summed E-state index contributed by atoms with van der Waals surface area (Å²) in [5, 5.41) is 10.9. The average molecular weight is 287 g/mol. The molecule has 3 aromatic rings. The second-order valence-electron chi connectivity index (χ2n) is 5.26. The van der Waals surface area contributed by atoms with E-state index in [-0.39, 0.29) is 10.6 Å². The number of rotatable bonds is 3. The van der Waals surface area contributed by atoms with Gasteiger partial charge in [-0.05, 0) is 28.3 Å². The molecule has 0 heterocycles. The Hall–Kier alpha value is -2.88. The standard InChI is InChI=1S/C18H14BNO2/c19-17-8-2-6-15(11-17)13-4-1-5-14(10-13)16-7-3-9-18(12-16)20(21)22/h1-12H,19H2. The monoisotopic (exact) mass is 287 g/mol. The fourth-order valence-corrected chi connectivity index (χ4v) is 2.50. The van der Waals surface area contributed by atoms with Crippen molar-refractivity contribution in [3.63, 3.8) is 0 Å². The van der Waals surface area contributed by atoms with Gasteiger partial charge in [0, 0.05) is 12.1 Å². The highest BCUT2D eigenvalue weighted by Gasteiger charge is 2.08. The SMILES string of the molecule is Bc1cccc(-c2cccc(-c3cccc([N+](=O)[O-])c3)c2)c1. The van der Waals surface area contributed by atoms with E-state index in [4.69, 9.17) is 0 Å². The van der Waals surface area contributed by atoms with Crippen molar-refractivity contribution < 1.29 is 4.92 Å². The quantitative estimate of drug-likeness (QED) is 0.422. The predicted molar refractivity (Wildman–Crippen MR) is 92.1 cm³/mol. The first-order valence-electron chi connectivity index (χ1n) is 7.05. The van der Waals surface area contributed by atoms with Gasteiger partial charge in [-0.1, -0.05) is 60.1 Å². The van der Waals surface area contributed by atoms with Crippen molar-refractivity contribution in [3.8, 4) is 22.3 Å². The van der Waals surface area contributed by atoms with Crippen molar-refractivity contribution in [1.29, 1.82) is 0 Å². The average Bonchev–Trinajstić information content (AvgIpc) is 2.55. The van der Waals surface area contributed by atoms with Gasteiger partial charge in [-0.25, -0.2) is 0 Å². The Morgan fingerprint density at radius 3 is 1.82 bits per heavy atom. The van der Waals surface area contributed by atoms with Crippen molar-refractivity contribution >= 4 is 19.0 Å².